The zero-order chi connectivity index (χ0) is 17.2. The molecule has 132 valence electrons. The van der Waals surface area contributed by atoms with Crippen LogP contribution in [0.15, 0.2) is 35.2 Å². The highest BCUT2D eigenvalue weighted by atomic mass is 32.2. The van der Waals surface area contributed by atoms with Crippen molar-refractivity contribution in [2.24, 2.45) is 0 Å². The van der Waals surface area contributed by atoms with Crippen molar-refractivity contribution in [1.29, 1.82) is 0 Å². The molecule has 0 radical (unpaired) electrons. The molecule has 0 aliphatic carbocycles. The lowest BCUT2D eigenvalue weighted by atomic mass is 9.95. The molecule has 1 spiro atoms. The molecule has 1 unspecified atom stereocenters. The number of nitrogens with zero attached hydrogens (tertiary/aromatic N) is 2. The van der Waals surface area contributed by atoms with Crippen LogP contribution in [-0.4, -0.2) is 68.9 Å². The average Bonchev–Trinajstić information content (AvgIpc) is 2.72. The summed E-state index contributed by atoms with van der Waals surface area (Å²) in [5.74, 6) is 0.115. The van der Waals surface area contributed by atoms with Crippen LogP contribution in [0, 0.1) is 0 Å². The first-order chi connectivity index (χ1) is 11.4. The Morgan fingerprint density at radius 2 is 1.92 bits per heavy atom. The first-order valence-corrected chi connectivity index (χ1v) is 10.00. The standard InChI is InChI=1S/C17H24N2O4S/c1-18-14-17(23-16(18)20)8-5-10-19(11-9-17)12-13-24(21,22)15-6-3-2-4-7-15/h2-4,6-7H,5,8-14H2,1H3. The molecule has 0 bridgehead atoms. The highest BCUT2D eigenvalue weighted by Gasteiger charge is 2.44. The Hall–Kier alpha value is -1.60. The highest BCUT2D eigenvalue weighted by molar-refractivity contribution is 7.91. The number of carbonyl (C=O) groups is 1. The van der Waals surface area contributed by atoms with Crippen molar-refractivity contribution in [3.05, 3.63) is 30.3 Å². The summed E-state index contributed by atoms with van der Waals surface area (Å²) < 4.78 is 30.4. The first kappa shape index (κ1) is 17.2. The summed E-state index contributed by atoms with van der Waals surface area (Å²) in [6.45, 7) is 2.73. The lowest BCUT2D eigenvalue weighted by Gasteiger charge is -2.25. The SMILES string of the molecule is CN1CC2(CCCN(CCS(=O)(=O)c3ccccc3)CC2)OC1=O. The van der Waals surface area contributed by atoms with Gasteiger partial charge in [0.1, 0.15) is 5.60 Å². The molecule has 1 amide bonds. The van der Waals surface area contributed by atoms with E-state index in [9.17, 15) is 13.2 Å². The van der Waals surface area contributed by atoms with Gasteiger partial charge in [0.25, 0.3) is 0 Å². The van der Waals surface area contributed by atoms with Crippen LogP contribution in [0.25, 0.3) is 0 Å². The van der Waals surface area contributed by atoms with E-state index < -0.39 is 9.84 Å². The van der Waals surface area contributed by atoms with E-state index in [1.807, 2.05) is 6.07 Å². The lowest BCUT2D eigenvalue weighted by Crippen LogP contribution is -2.36. The number of benzene rings is 1. The summed E-state index contributed by atoms with van der Waals surface area (Å²) in [6.07, 6.45) is 2.25. The predicted octanol–water partition coefficient (Wildman–Crippen LogP) is 1.77. The maximum atomic E-state index is 12.4. The Bertz CT molecular complexity index is 692. The number of amides is 1. The van der Waals surface area contributed by atoms with Gasteiger partial charge in [-0.1, -0.05) is 18.2 Å². The van der Waals surface area contributed by atoms with Gasteiger partial charge in [-0.25, -0.2) is 13.2 Å². The third-order valence-electron chi connectivity index (χ3n) is 4.91. The molecular weight excluding hydrogens is 328 g/mol. The van der Waals surface area contributed by atoms with Crippen molar-refractivity contribution in [3.8, 4) is 0 Å². The lowest BCUT2D eigenvalue weighted by molar-refractivity contribution is 0.0446. The van der Waals surface area contributed by atoms with Crippen LogP contribution < -0.4 is 0 Å². The zero-order valence-corrected chi connectivity index (χ0v) is 14.8. The molecule has 3 rings (SSSR count). The van der Waals surface area contributed by atoms with Crippen molar-refractivity contribution < 1.29 is 17.9 Å². The minimum absolute atomic E-state index is 0.115. The molecule has 6 nitrogen and oxygen atoms in total. The van der Waals surface area contributed by atoms with E-state index in [0.717, 1.165) is 32.4 Å². The molecule has 1 aromatic carbocycles. The van der Waals surface area contributed by atoms with Crippen LogP contribution in [-0.2, 0) is 14.6 Å². The van der Waals surface area contributed by atoms with Crippen molar-refractivity contribution in [3.63, 3.8) is 0 Å². The summed E-state index contributed by atoms with van der Waals surface area (Å²) in [5.41, 5.74) is -0.390. The molecule has 2 fully saturated rings. The van der Waals surface area contributed by atoms with Crippen LogP contribution >= 0.6 is 0 Å². The second kappa shape index (κ2) is 6.72. The summed E-state index contributed by atoms with van der Waals surface area (Å²) in [5, 5.41) is 0. The topological polar surface area (TPSA) is 66.9 Å². The fourth-order valence-corrected chi connectivity index (χ4v) is 4.80. The van der Waals surface area contributed by atoms with Crippen LogP contribution in [0.4, 0.5) is 4.79 Å². The van der Waals surface area contributed by atoms with Gasteiger partial charge in [0.15, 0.2) is 9.84 Å². The number of hydrogen-bond donors (Lipinski definition) is 0. The van der Waals surface area contributed by atoms with Gasteiger partial charge in [-0.05, 0) is 31.5 Å². The van der Waals surface area contributed by atoms with Crippen molar-refractivity contribution in [2.75, 3.05) is 39.0 Å². The van der Waals surface area contributed by atoms with E-state index in [1.54, 1.807) is 36.2 Å². The maximum absolute atomic E-state index is 12.4. The van der Waals surface area contributed by atoms with E-state index in [0.29, 0.717) is 18.0 Å². The predicted molar refractivity (Wildman–Crippen MR) is 90.6 cm³/mol. The van der Waals surface area contributed by atoms with Crippen LogP contribution in [0.2, 0.25) is 0 Å². The van der Waals surface area contributed by atoms with E-state index in [4.69, 9.17) is 4.74 Å². The summed E-state index contributed by atoms with van der Waals surface area (Å²) in [4.78, 5) is 15.8. The molecule has 2 aliphatic rings. The molecule has 0 aromatic heterocycles. The molecule has 0 N–H and O–H groups in total. The molecule has 2 heterocycles. The first-order valence-electron chi connectivity index (χ1n) is 8.35. The number of carbonyl (C=O) groups excluding carboxylic acids is 1. The van der Waals surface area contributed by atoms with Crippen molar-refractivity contribution in [1.82, 2.24) is 9.80 Å². The molecule has 2 aliphatic heterocycles. The van der Waals surface area contributed by atoms with Crippen molar-refractivity contribution >= 4 is 15.9 Å². The minimum atomic E-state index is -3.25. The van der Waals surface area contributed by atoms with Crippen molar-refractivity contribution in [2.45, 2.75) is 29.8 Å². The largest absolute Gasteiger partial charge is 0.441 e. The monoisotopic (exact) mass is 352 g/mol. The van der Waals surface area contributed by atoms with Crippen LogP contribution in [0.5, 0.6) is 0 Å². The van der Waals surface area contributed by atoms with Gasteiger partial charge in [0, 0.05) is 26.6 Å². The van der Waals surface area contributed by atoms with Crippen LogP contribution in [0.3, 0.4) is 0 Å². The van der Waals surface area contributed by atoms with Gasteiger partial charge in [-0.15, -0.1) is 0 Å². The van der Waals surface area contributed by atoms with E-state index >= 15 is 0 Å². The Labute approximate surface area is 143 Å². The fourth-order valence-electron chi connectivity index (χ4n) is 3.49. The molecule has 2 saturated heterocycles. The van der Waals surface area contributed by atoms with Gasteiger partial charge < -0.3 is 14.5 Å². The molecule has 24 heavy (non-hydrogen) atoms. The molecular formula is C17H24N2O4S. The second-order valence-corrected chi connectivity index (χ2v) is 8.84. The van der Waals surface area contributed by atoms with E-state index in [-0.39, 0.29) is 17.4 Å². The number of sulfone groups is 1. The number of rotatable bonds is 4. The number of likely N-dealkylation sites (N-methyl/N-ethyl adjacent to an activating group) is 1. The Morgan fingerprint density at radius 3 is 2.58 bits per heavy atom. The zero-order valence-electron chi connectivity index (χ0n) is 14.0. The summed E-state index contributed by atoms with van der Waals surface area (Å²) in [6, 6.07) is 8.58. The third kappa shape index (κ3) is 3.72. The molecule has 7 heteroatoms. The molecule has 0 saturated carbocycles. The fraction of sp³-hybridized carbons (Fsp3) is 0.588. The van der Waals surface area contributed by atoms with Gasteiger partial charge in [-0.2, -0.15) is 0 Å². The molecule has 1 atom stereocenters. The smallest absolute Gasteiger partial charge is 0.410 e. The number of likely N-dealkylation sites (tertiary alicyclic amines) is 1. The average molecular weight is 352 g/mol. The Morgan fingerprint density at radius 1 is 1.17 bits per heavy atom. The highest BCUT2D eigenvalue weighted by Crippen LogP contribution is 2.32. The Balaban J connectivity index is 1.57. The molecule has 1 aromatic rings. The Kier molecular flexibility index (Phi) is 4.83. The van der Waals surface area contributed by atoms with Crippen LogP contribution in [0.1, 0.15) is 19.3 Å². The third-order valence-corrected chi connectivity index (χ3v) is 6.62. The van der Waals surface area contributed by atoms with Gasteiger partial charge in [-0.3, -0.25) is 0 Å². The summed E-state index contributed by atoms with van der Waals surface area (Å²) >= 11 is 0. The van der Waals surface area contributed by atoms with Gasteiger partial charge in [0.05, 0.1) is 17.2 Å². The van der Waals surface area contributed by atoms with E-state index in [1.165, 1.54) is 0 Å². The van der Waals surface area contributed by atoms with Gasteiger partial charge in [0.2, 0.25) is 0 Å². The van der Waals surface area contributed by atoms with E-state index in [2.05, 4.69) is 4.90 Å². The summed E-state index contributed by atoms with van der Waals surface area (Å²) in [7, 11) is -1.50. The number of hydrogen-bond acceptors (Lipinski definition) is 5. The number of ether oxygens (including phenoxy) is 1. The second-order valence-electron chi connectivity index (χ2n) is 6.73. The maximum Gasteiger partial charge on any atom is 0.410 e. The minimum Gasteiger partial charge on any atom is -0.441 e. The quantitative estimate of drug-likeness (QED) is 0.826. The van der Waals surface area contributed by atoms with Gasteiger partial charge >= 0.3 is 6.09 Å². The normalized spacial score (nSPS) is 25.7.